The predicted octanol–water partition coefficient (Wildman–Crippen LogP) is 15.8. The van der Waals surface area contributed by atoms with Gasteiger partial charge in [0, 0.05) is 52.8 Å². The molecule has 0 radical (unpaired) electrons. The van der Waals surface area contributed by atoms with Crippen LogP contribution >= 0.6 is 22.7 Å². The van der Waals surface area contributed by atoms with E-state index in [-0.39, 0.29) is 0 Å². The Hall–Kier alpha value is -6.72. The Morgan fingerprint density at radius 1 is 0.357 bits per heavy atom. The fourth-order valence-corrected chi connectivity index (χ4v) is 11.3. The zero-order chi connectivity index (χ0) is 36.7. The molecule has 4 heteroatoms. The maximum absolute atomic E-state index is 2.49. The zero-order valence-electron chi connectivity index (χ0n) is 30.2. The highest BCUT2D eigenvalue weighted by Gasteiger charge is 2.22. The Bertz CT molecular complexity index is 3370. The summed E-state index contributed by atoms with van der Waals surface area (Å²) in [5.74, 6) is 0. The number of benzene rings is 9. The Kier molecular flexibility index (Phi) is 7.00. The molecule has 12 aromatic rings. The lowest BCUT2D eigenvalue weighted by Gasteiger charge is -2.27. The number of nitrogens with zero attached hydrogens (tertiary/aromatic N) is 2. The molecule has 0 bridgehead atoms. The second-order valence-corrected chi connectivity index (χ2v) is 16.6. The molecule has 56 heavy (non-hydrogen) atoms. The molecule has 0 N–H and O–H groups in total. The Morgan fingerprint density at radius 3 is 1.57 bits per heavy atom. The average molecular weight is 749 g/mol. The van der Waals surface area contributed by atoms with Crippen LogP contribution in [0.2, 0.25) is 0 Å². The minimum absolute atomic E-state index is 1.13. The highest BCUT2D eigenvalue weighted by Crippen LogP contribution is 2.49. The van der Waals surface area contributed by atoms with E-state index in [1.54, 1.807) is 0 Å². The van der Waals surface area contributed by atoms with E-state index in [0.29, 0.717) is 0 Å². The molecule has 0 saturated heterocycles. The Labute approximate surface area is 331 Å². The molecule has 0 amide bonds. The molecule has 0 atom stereocenters. The van der Waals surface area contributed by atoms with Crippen LogP contribution < -0.4 is 4.90 Å². The largest absolute Gasteiger partial charge is 0.309 e. The second-order valence-electron chi connectivity index (χ2n) is 14.5. The third-order valence-electron chi connectivity index (χ3n) is 11.4. The van der Waals surface area contributed by atoms with Crippen LogP contribution in [0.1, 0.15) is 0 Å². The van der Waals surface area contributed by atoms with Crippen LogP contribution in [-0.4, -0.2) is 4.57 Å². The molecule has 3 heterocycles. The summed E-state index contributed by atoms with van der Waals surface area (Å²) in [5.41, 5.74) is 9.53. The van der Waals surface area contributed by atoms with Crippen molar-refractivity contribution in [2.24, 2.45) is 0 Å². The number of thiophene rings is 2. The van der Waals surface area contributed by atoms with Gasteiger partial charge in [-0.1, -0.05) is 140 Å². The molecule has 9 aromatic carbocycles. The van der Waals surface area contributed by atoms with Gasteiger partial charge in [0.1, 0.15) is 0 Å². The standard InChI is InChI=1S/C52H32N2S2/c1-2-14-37-34(12-1)13-9-21-44(37)54-45-20-6-3-15-38(45)39-31-28-35(32-48(39)54)33-26-29-36(30-27-33)53(46-22-10-18-42-40-16-4-7-24-49(40)55-51(42)46)47-23-11-19-43-41-17-5-8-25-50(41)56-52(43)47/h1-32H. The van der Waals surface area contributed by atoms with Crippen molar-refractivity contribution in [3.8, 4) is 16.8 Å². The van der Waals surface area contributed by atoms with E-state index in [1.807, 2.05) is 22.7 Å². The molecule has 0 aliphatic rings. The molecular formula is C52H32N2S2. The molecule has 2 nitrogen and oxygen atoms in total. The lowest BCUT2D eigenvalue weighted by atomic mass is 10.0. The van der Waals surface area contributed by atoms with Gasteiger partial charge in [-0.25, -0.2) is 0 Å². The van der Waals surface area contributed by atoms with Crippen LogP contribution in [0.25, 0.3) is 89.7 Å². The van der Waals surface area contributed by atoms with E-state index in [9.17, 15) is 0 Å². The maximum atomic E-state index is 2.49. The van der Waals surface area contributed by atoms with Gasteiger partial charge in [0.2, 0.25) is 0 Å². The highest BCUT2D eigenvalue weighted by atomic mass is 32.1. The number of para-hydroxylation sites is 1. The van der Waals surface area contributed by atoms with Crippen molar-refractivity contribution in [3.63, 3.8) is 0 Å². The van der Waals surface area contributed by atoms with Crippen molar-refractivity contribution in [2.75, 3.05) is 4.90 Å². The number of hydrogen-bond donors (Lipinski definition) is 0. The fourth-order valence-electron chi connectivity index (χ4n) is 8.84. The first-order valence-corrected chi connectivity index (χ1v) is 20.6. The Balaban J connectivity index is 1.05. The normalized spacial score (nSPS) is 11.9. The summed E-state index contributed by atoms with van der Waals surface area (Å²) in [6.07, 6.45) is 0. The third kappa shape index (κ3) is 4.73. The van der Waals surface area contributed by atoms with E-state index in [1.165, 1.54) is 101 Å². The van der Waals surface area contributed by atoms with Crippen LogP contribution in [0.15, 0.2) is 194 Å². The predicted molar refractivity (Wildman–Crippen MR) is 244 cm³/mol. The molecule has 0 unspecified atom stereocenters. The smallest absolute Gasteiger partial charge is 0.0640 e. The molecule has 0 saturated carbocycles. The van der Waals surface area contributed by atoms with Gasteiger partial charge < -0.3 is 9.47 Å². The molecule has 0 aliphatic carbocycles. The fraction of sp³-hybridized carbons (Fsp3) is 0. The van der Waals surface area contributed by atoms with Gasteiger partial charge in [-0.3, -0.25) is 0 Å². The van der Waals surface area contributed by atoms with Gasteiger partial charge in [-0.05, 0) is 71.1 Å². The summed E-state index contributed by atoms with van der Waals surface area (Å²) in [7, 11) is 0. The summed E-state index contributed by atoms with van der Waals surface area (Å²) in [5, 5.41) is 10.2. The van der Waals surface area contributed by atoms with Crippen molar-refractivity contribution < 1.29 is 0 Å². The lowest BCUT2D eigenvalue weighted by molar-refractivity contribution is 1.20. The quantitative estimate of drug-likeness (QED) is 0.170. The van der Waals surface area contributed by atoms with Gasteiger partial charge in [0.25, 0.3) is 0 Å². The number of hydrogen-bond acceptors (Lipinski definition) is 3. The van der Waals surface area contributed by atoms with Crippen molar-refractivity contribution in [1.29, 1.82) is 0 Å². The molecular weight excluding hydrogens is 717 g/mol. The van der Waals surface area contributed by atoms with Crippen molar-refractivity contribution in [1.82, 2.24) is 4.57 Å². The van der Waals surface area contributed by atoms with Gasteiger partial charge in [0.05, 0.1) is 37.5 Å². The Morgan fingerprint density at radius 2 is 0.875 bits per heavy atom. The first-order chi connectivity index (χ1) is 27.8. The zero-order valence-corrected chi connectivity index (χ0v) is 31.8. The minimum Gasteiger partial charge on any atom is -0.309 e. The van der Waals surface area contributed by atoms with Gasteiger partial charge >= 0.3 is 0 Å². The SMILES string of the molecule is c1ccc2c(-n3c4ccccc4c4ccc(-c5ccc(N(c6cccc7c6sc6ccccc67)c6cccc7c6sc6ccccc67)cc5)cc43)cccc2c1. The maximum Gasteiger partial charge on any atom is 0.0640 e. The molecule has 0 aliphatic heterocycles. The lowest BCUT2D eigenvalue weighted by Crippen LogP contribution is -2.10. The molecule has 0 spiro atoms. The number of fused-ring (bicyclic) bond motifs is 10. The number of aromatic nitrogens is 1. The van der Waals surface area contributed by atoms with E-state index in [0.717, 1.165) is 5.69 Å². The van der Waals surface area contributed by atoms with Gasteiger partial charge in [-0.15, -0.1) is 22.7 Å². The van der Waals surface area contributed by atoms with Crippen molar-refractivity contribution in [3.05, 3.63) is 194 Å². The second kappa shape index (κ2) is 12.4. The summed E-state index contributed by atoms with van der Waals surface area (Å²) in [4.78, 5) is 2.49. The van der Waals surface area contributed by atoms with E-state index < -0.39 is 0 Å². The minimum atomic E-state index is 1.13. The van der Waals surface area contributed by atoms with Crippen LogP contribution in [0, 0.1) is 0 Å². The first kappa shape index (κ1) is 31.6. The molecule has 12 rings (SSSR count). The highest BCUT2D eigenvalue weighted by molar-refractivity contribution is 7.27. The molecule has 262 valence electrons. The summed E-state index contributed by atoms with van der Waals surface area (Å²) < 4.78 is 7.65. The van der Waals surface area contributed by atoms with Crippen LogP contribution in [0.4, 0.5) is 17.1 Å². The monoisotopic (exact) mass is 748 g/mol. The van der Waals surface area contributed by atoms with Gasteiger partial charge in [0.15, 0.2) is 0 Å². The summed E-state index contributed by atoms with van der Waals surface area (Å²) in [6.45, 7) is 0. The van der Waals surface area contributed by atoms with E-state index in [4.69, 9.17) is 0 Å². The third-order valence-corrected chi connectivity index (χ3v) is 13.8. The molecule has 3 aromatic heterocycles. The van der Waals surface area contributed by atoms with Crippen molar-refractivity contribution in [2.45, 2.75) is 0 Å². The topological polar surface area (TPSA) is 8.17 Å². The summed E-state index contributed by atoms with van der Waals surface area (Å²) in [6, 6.07) is 71.4. The van der Waals surface area contributed by atoms with Crippen LogP contribution in [0.3, 0.4) is 0 Å². The van der Waals surface area contributed by atoms with Gasteiger partial charge in [-0.2, -0.15) is 0 Å². The number of anilines is 3. The van der Waals surface area contributed by atoms with Crippen molar-refractivity contribution >= 4 is 113 Å². The average Bonchev–Trinajstić information content (AvgIpc) is 3.94. The molecule has 0 fully saturated rings. The van der Waals surface area contributed by atoms with E-state index >= 15 is 0 Å². The van der Waals surface area contributed by atoms with Crippen LogP contribution in [-0.2, 0) is 0 Å². The number of rotatable bonds is 5. The van der Waals surface area contributed by atoms with E-state index in [2.05, 4.69) is 204 Å². The first-order valence-electron chi connectivity index (χ1n) is 19.0. The summed E-state index contributed by atoms with van der Waals surface area (Å²) >= 11 is 3.76. The van der Waals surface area contributed by atoms with Crippen LogP contribution in [0.5, 0.6) is 0 Å².